The van der Waals surface area contributed by atoms with Crippen LogP contribution < -0.4 is 10.5 Å². The summed E-state index contributed by atoms with van der Waals surface area (Å²) in [5.41, 5.74) is 7.27. The molecule has 4 nitrogen and oxygen atoms in total. The van der Waals surface area contributed by atoms with Crippen LogP contribution in [0.15, 0.2) is 23.1 Å². The van der Waals surface area contributed by atoms with E-state index in [0.29, 0.717) is 17.9 Å². The van der Waals surface area contributed by atoms with Crippen LogP contribution in [0.1, 0.15) is 24.5 Å². The maximum absolute atomic E-state index is 12.0. The second-order valence-electron chi connectivity index (χ2n) is 4.43. The lowest BCUT2D eigenvalue weighted by Gasteiger charge is -2.11. The number of nitrogens with two attached hydrogens (primary N) is 1. The lowest BCUT2D eigenvalue weighted by Crippen LogP contribution is -2.29. The third kappa shape index (κ3) is 4.11. The number of hydrogen-bond acceptors (Lipinski definition) is 3. The van der Waals surface area contributed by atoms with Gasteiger partial charge in [0.05, 0.1) is 4.90 Å². The Labute approximate surface area is 103 Å². The maximum atomic E-state index is 12.0. The first-order valence-electron chi connectivity index (χ1n) is 5.65. The summed E-state index contributed by atoms with van der Waals surface area (Å²) in [6.07, 6.45) is 0.629. The molecule has 1 aromatic rings. The maximum Gasteiger partial charge on any atom is 0.240 e. The van der Waals surface area contributed by atoms with Crippen LogP contribution in [0.3, 0.4) is 0 Å². The van der Waals surface area contributed by atoms with E-state index in [1.807, 2.05) is 26.0 Å². The van der Waals surface area contributed by atoms with Crippen LogP contribution in [0, 0.1) is 13.8 Å². The van der Waals surface area contributed by atoms with Crippen LogP contribution >= 0.6 is 0 Å². The normalized spacial score (nSPS) is 13.6. The Bertz CT molecular complexity index is 481. The number of aryl methyl sites for hydroxylation is 2. The minimum absolute atomic E-state index is 0.00342. The van der Waals surface area contributed by atoms with Gasteiger partial charge in [0.15, 0.2) is 0 Å². The molecule has 0 aliphatic heterocycles. The molecule has 96 valence electrons. The molecule has 0 amide bonds. The Morgan fingerprint density at radius 3 is 2.59 bits per heavy atom. The van der Waals surface area contributed by atoms with Gasteiger partial charge in [0.2, 0.25) is 10.0 Å². The average molecular weight is 256 g/mol. The Kier molecular flexibility index (Phi) is 4.68. The van der Waals surface area contributed by atoms with E-state index < -0.39 is 10.0 Å². The molecular weight excluding hydrogens is 236 g/mol. The molecule has 0 saturated heterocycles. The molecule has 0 spiro atoms. The van der Waals surface area contributed by atoms with Gasteiger partial charge in [0.1, 0.15) is 0 Å². The molecule has 1 unspecified atom stereocenters. The van der Waals surface area contributed by atoms with Crippen LogP contribution in [0.4, 0.5) is 0 Å². The Hall–Kier alpha value is -0.910. The van der Waals surface area contributed by atoms with Crippen molar-refractivity contribution in [3.05, 3.63) is 29.3 Å². The highest BCUT2D eigenvalue weighted by atomic mass is 32.2. The van der Waals surface area contributed by atoms with E-state index in [1.165, 1.54) is 0 Å². The van der Waals surface area contributed by atoms with Crippen LogP contribution in [0.25, 0.3) is 0 Å². The van der Waals surface area contributed by atoms with E-state index in [4.69, 9.17) is 5.73 Å². The topological polar surface area (TPSA) is 72.2 Å². The molecule has 1 atom stereocenters. The summed E-state index contributed by atoms with van der Waals surface area (Å²) < 4.78 is 26.6. The van der Waals surface area contributed by atoms with Crippen molar-refractivity contribution in [2.45, 2.75) is 38.1 Å². The summed E-state index contributed by atoms with van der Waals surface area (Å²) in [4.78, 5) is 0.349. The van der Waals surface area contributed by atoms with E-state index in [1.54, 1.807) is 13.0 Å². The van der Waals surface area contributed by atoms with Gasteiger partial charge < -0.3 is 5.73 Å². The summed E-state index contributed by atoms with van der Waals surface area (Å²) in [6.45, 7) is 5.89. The number of sulfonamides is 1. The fourth-order valence-electron chi connectivity index (χ4n) is 1.50. The van der Waals surface area contributed by atoms with Crippen molar-refractivity contribution < 1.29 is 8.42 Å². The van der Waals surface area contributed by atoms with Crippen molar-refractivity contribution in [2.24, 2.45) is 5.73 Å². The molecular formula is C12H20N2O2S. The van der Waals surface area contributed by atoms with Crippen LogP contribution in [0.2, 0.25) is 0 Å². The molecule has 5 heteroatoms. The van der Waals surface area contributed by atoms with Gasteiger partial charge in [-0.05, 0) is 44.4 Å². The SMILES string of the molecule is Cc1ccc(C)c(S(=O)(=O)NCCC(C)N)c1. The van der Waals surface area contributed by atoms with Crippen molar-refractivity contribution in [1.82, 2.24) is 4.72 Å². The van der Waals surface area contributed by atoms with Gasteiger partial charge in [-0.3, -0.25) is 0 Å². The lowest BCUT2D eigenvalue weighted by atomic mass is 10.2. The lowest BCUT2D eigenvalue weighted by molar-refractivity contribution is 0.571. The molecule has 0 aromatic heterocycles. The second-order valence-corrected chi connectivity index (χ2v) is 6.17. The molecule has 0 radical (unpaired) electrons. The fraction of sp³-hybridized carbons (Fsp3) is 0.500. The second kappa shape index (κ2) is 5.62. The zero-order valence-electron chi connectivity index (χ0n) is 10.5. The molecule has 1 aromatic carbocycles. The summed E-state index contributed by atoms with van der Waals surface area (Å²) >= 11 is 0. The van der Waals surface area contributed by atoms with E-state index in [9.17, 15) is 8.42 Å². The number of nitrogens with one attached hydrogen (secondary N) is 1. The first-order chi connectivity index (χ1) is 7.83. The molecule has 1 rings (SSSR count). The summed E-state index contributed by atoms with van der Waals surface area (Å²) in [5.74, 6) is 0. The molecule has 0 aliphatic rings. The molecule has 3 N–H and O–H groups in total. The number of rotatable bonds is 5. The summed E-state index contributed by atoms with van der Waals surface area (Å²) in [7, 11) is -3.41. The predicted molar refractivity (Wildman–Crippen MR) is 69.4 cm³/mol. The monoisotopic (exact) mass is 256 g/mol. The number of benzene rings is 1. The van der Waals surface area contributed by atoms with E-state index in [2.05, 4.69) is 4.72 Å². The zero-order valence-corrected chi connectivity index (χ0v) is 11.3. The third-order valence-corrected chi connectivity index (χ3v) is 4.13. The smallest absolute Gasteiger partial charge is 0.240 e. The molecule has 0 bridgehead atoms. The minimum atomic E-state index is -3.41. The highest BCUT2D eigenvalue weighted by Crippen LogP contribution is 2.16. The zero-order chi connectivity index (χ0) is 13.1. The van der Waals surface area contributed by atoms with Gasteiger partial charge in [-0.25, -0.2) is 13.1 Å². The van der Waals surface area contributed by atoms with Gasteiger partial charge in [-0.1, -0.05) is 12.1 Å². The number of hydrogen-bond donors (Lipinski definition) is 2. The summed E-state index contributed by atoms with van der Waals surface area (Å²) in [5, 5.41) is 0. The highest BCUT2D eigenvalue weighted by molar-refractivity contribution is 7.89. The quantitative estimate of drug-likeness (QED) is 0.834. The van der Waals surface area contributed by atoms with E-state index in [0.717, 1.165) is 11.1 Å². The van der Waals surface area contributed by atoms with Gasteiger partial charge in [-0.2, -0.15) is 0 Å². The molecule has 0 fully saturated rings. The van der Waals surface area contributed by atoms with Crippen molar-refractivity contribution in [3.63, 3.8) is 0 Å². The molecule has 0 saturated carbocycles. The largest absolute Gasteiger partial charge is 0.328 e. The average Bonchev–Trinajstić information content (AvgIpc) is 2.20. The van der Waals surface area contributed by atoms with Crippen molar-refractivity contribution in [2.75, 3.05) is 6.54 Å². The Balaban J connectivity index is 2.86. The van der Waals surface area contributed by atoms with Crippen LogP contribution in [-0.2, 0) is 10.0 Å². The van der Waals surface area contributed by atoms with Crippen molar-refractivity contribution in [1.29, 1.82) is 0 Å². The predicted octanol–water partition coefficient (Wildman–Crippen LogP) is 1.32. The van der Waals surface area contributed by atoms with Crippen molar-refractivity contribution >= 4 is 10.0 Å². The molecule has 0 aliphatic carbocycles. The van der Waals surface area contributed by atoms with Gasteiger partial charge in [-0.15, -0.1) is 0 Å². The summed E-state index contributed by atoms with van der Waals surface area (Å²) in [6, 6.07) is 5.39. The Morgan fingerprint density at radius 1 is 1.35 bits per heavy atom. The Morgan fingerprint density at radius 2 is 2.00 bits per heavy atom. The van der Waals surface area contributed by atoms with Crippen LogP contribution in [0.5, 0.6) is 0 Å². The first kappa shape index (κ1) is 14.2. The highest BCUT2D eigenvalue weighted by Gasteiger charge is 2.16. The van der Waals surface area contributed by atoms with Crippen molar-refractivity contribution in [3.8, 4) is 0 Å². The van der Waals surface area contributed by atoms with Gasteiger partial charge in [0, 0.05) is 12.6 Å². The minimum Gasteiger partial charge on any atom is -0.328 e. The van der Waals surface area contributed by atoms with Crippen LogP contribution in [-0.4, -0.2) is 21.0 Å². The van der Waals surface area contributed by atoms with E-state index in [-0.39, 0.29) is 6.04 Å². The third-order valence-electron chi connectivity index (χ3n) is 2.52. The van der Waals surface area contributed by atoms with E-state index >= 15 is 0 Å². The molecule has 0 heterocycles. The standard InChI is InChI=1S/C12H20N2O2S/c1-9-4-5-10(2)12(8-9)17(15,16)14-7-6-11(3)13/h4-5,8,11,14H,6-7,13H2,1-3H3. The fourth-order valence-corrected chi connectivity index (χ4v) is 2.87. The van der Waals surface area contributed by atoms with Gasteiger partial charge >= 0.3 is 0 Å². The van der Waals surface area contributed by atoms with Gasteiger partial charge in [0.25, 0.3) is 0 Å². The first-order valence-corrected chi connectivity index (χ1v) is 7.14. The molecule has 17 heavy (non-hydrogen) atoms.